The molecule has 0 amide bonds. The van der Waals surface area contributed by atoms with Crippen LogP contribution in [0.4, 0.5) is 0 Å². The van der Waals surface area contributed by atoms with Gasteiger partial charge in [-0.2, -0.15) is 0 Å². The summed E-state index contributed by atoms with van der Waals surface area (Å²) in [7, 11) is 0. The minimum atomic E-state index is 0.239. The standard InChI is InChI=1S/C20H21N3OS/c24-17(12-6-2-5-11-16-9-3-1-4-10-16)15-19-22-23-20(25-19)18-13-7-8-14-21-18/h1,3-4,7-10,13-14H,2,5-6,11-12,15H2. The molecule has 2 heterocycles. The number of ketones is 1. The highest BCUT2D eigenvalue weighted by atomic mass is 32.1. The lowest BCUT2D eigenvalue weighted by atomic mass is 10.0. The molecule has 0 unspecified atom stereocenters. The number of pyridine rings is 1. The zero-order chi connectivity index (χ0) is 17.3. The predicted octanol–water partition coefficient (Wildman–Crippen LogP) is 4.51. The molecule has 0 aliphatic carbocycles. The topological polar surface area (TPSA) is 55.7 Å². The second-order valence-electron chi connectivity index (χ2n) is 5.98. The first-order chi connectivity index (χ1) is 12.3. The highest BCUT2D eigenvalue weighted by Gasteiger charge is 2.11. The molecule has 0 aliphatic rings. The lowest BCUT2D eigenvalue weighted by Crippen LogP contribution is -2.02. The zero-order valence-corrected chi connectivity index (χ0v) is 14.9. The maximum atomic E-state index is 12.1. The van der Waals surface area contributed by atoms with E-state index in [2.05, 4.69) is 39.4 Å². The summed E-state index contributed by atoms with van der Waals surface area (Å²) in [5, 5.41) is 9.80. The average molecular weight is 351 g/mol. The lowest BCUT2D eigenvalue weighted by molar-refractivity contribution is -0.118. The van der Waals surface area contributed by atoms with Crippen LogP contribution < -0.4 is 0 Å². The van der Waals surface area contributed by atoms with Gasteiger partial charge in [0.1, 0.15) is 16.5 Å². The van der Waals surface area contributed by atoms with E-state index in [4.69, 9.17) is 0 Å². The number of aromatic nitrogens is 3. The number of aryl methyl sites for hydroxylation is 1. The number of carbonyl (C=O) groups is 1. The van der Waals surface area contributed by atoms with Crippen molar-refractivity contribution < 1.29 is 4.79 Å². The molecule has 0 radical (unpaired) electrons. The quantitative estimate of drug-likeness (QED) is 0.532. The van der Waals surface area contributed by atoms with Crippen LogP contribution in [0.2, 0.25) is 0 Å². The Hall–Kier alpha value is -2.40. The minimum absolute atomic E-state index is 0.239. The van der Waals surface area contributed by atoms with E-state index < -0.39 is 0 Å². The molecule has 1 aromatic carbocycles. The van der Waals surface area contributed by atoms with Crippen molar-refractivity contribution in [1.82, 2.24) is 15.2 Å². The van der Waals surface area contributed by atoms with Crippen LogP contribution >= 0.6 is 11.3 Å². The number of rotatable bonds is 9. The van der Waals surface area contributed by atoms with Gasteiger partial charge in [-0.15, -0.1) is 10.2 Å². The van der Waals surface area contributed by atoms with Crippen LogP contribution in [0, 0.1) is 0 Å². The second-order valence-corrected chi connectivity index (χ2v) is 7.04. The van der Waals surface area contributed by atoms with Gasteiger partial charge in [-0.1, -0.05) is 54.2 Å². The molecular weight excluding hydrogens is 330 g/mol. The Morgan fingerprint density at radius 3 is 2.56 bits per heavy atom. The predicted molar refractivity (Wildman–Crippen MR) is 100 cm³/mol. The first-order valence-electron chi connectivity index (χ1n) is 8.60. The molecule has 0 N–H and O–H groups in total. The molecule has 3 rings (SSSR count). The van der Waals surface area contributed by atoms with Crippen molar-refractivity contribution in [2.45, 2.75) is 38.5 Å². The summed E-state index contributed by atoms with van der Waals surface area (Å²) in [6.07, 6.45) is 6.96. The molecule has 0 atom stereocenters. The van der Waals surface area contributed by atoms with Gasteiger partial charge in [0, 0.05) is 12.6 Å². The Bertz CT molecular complexity index is 787. The Kier molecular flexibility index (Phi) is 6.40. The molecule has 4 nitrogen and oxygen atoms in total. The van der Waals surface area contributed by atoms with Gasteiger partial charge in [-0.3, -0.25) is 9.78 Å². The normalized spacial score (nSPS) is 10.7. The van der Waals surface area contributed by atoms with E-state index in [1.807, 2.05) is 24.3 Å². The third-order valence-electron chi connectivity index (χ3n) is 3.96. The third-order valence-corrected chi connectivity index (χ3v) is 4.91. The fourth-order valence-corrected chi connectivity index (χ4v) is 3.49. The third kappa shape index (κ3) is 5.57. The summed E-state index contributed by atoms with van der Waals surface area (Å²) >= 11 is 1.45. The van der Waals surface area contributed by atoms with E-state index in [9.17, 15) is 4.79 Å². The van der Waals surface area contributed by atoms with Gasteiger partial charge >= 0.3 is 0 Å². The van der Waals surface area contributed by atoms with E-state index in [-0.39, 0.29) is 5.78 Å². The largest absolute Gasteiger partial charge is 0.299 e. The molecule has 25 heavy (non-hydrogen) atoms. The number of hydrogen-bond acceptors (Lipinski definition) is 5. The smallest absolute Gasteiger partial charge is 0.166 e. The SMILES string of the molecule is O=C(CCCCCc1ccccc1)Cc1nnc(-c2ccccn2)s1. The molecule has 2 aromatic heterocycles. The fourth-order valence-electron chi connectivity index (χ4n) is 2.65. The molecule has 3 aromatic rings. The molecule has 0 aliphatic heterocycles. The Morgan fingerprint density at radius 1 is 0.920 bits per heavy atom. The van der Waals surface area contributed by atoms with Crippen LogP contribution in [0.25, 0.3) is 10.7 Å². The van der Waals surface area contributed by atoms with Crippen LogP contribution in [-0.2, 0) is 17.6 Å². The maximum absolute atomic E-state index is 12.1. The summed E-state index contributed by atoms with van der Waals surface area (Å²) in [6.45, 7) is 0. The Labute approximate surface area is 152 Å². The zero-order valence-electron chi connectivity index (χ0n) is 14.1. The Morgan fingerprint density at radius 2 is 1.76 bits per heavy atom. The van der Waals surface area contributed by atoms with Crippen molar-refractivity contribution in [1.29, 1.82) is 0 Å². The summed E-state index contributed by atoms with van der Waals surface area (Å²) in [4.78, 5) is 16.4. The number of Topliss-reactive ketones (excluding diaryl/α,β-unsaturated/α-hetero) is 1. The molecule has 0 spiro atoms. The van der Waals surface area contributed by atoms with Crippen molar-refractivity contribution in [3.63, 3.8) is 0 Å². The van der Waals surface area contributed by atoms with Crippen molar-refractivity contribution in [3.8, 4) is 10.7 Å². The molecule has 5 heteroatoms. The van der Waals surface area contributed by atoms with Crippen LogP contribution in [0.15, 0.2) is 54.7 Å². The Balaban J connectivity index is 1.37. The van der Waals surface area contributed by atoms with Crippen LogP contribution in [0.3, 0.4) is 0 Å². The summed E-state index contributed by atoms with van der Waals surface area (Å²) in [5.74, 6) is 0.239. The highest BCUT2D eigenvalue weighted by Crippen LogP contribution is 2.21. The number of unbranched alkanes of at least 4 members (excludes halogenated alkanes) is 2. The van der Waals surface area contributed by atoms with Crippen LogP contribution in [-0.4, -0.2) is 21.0 Å². The highest BCUT2D eigenvalue weighted by molar-refractivity contribution is 7.14. The van der Waals surface area contributed by atoms with Crippen molar-refractivity contribution >= 4 is 17.1 Å². The molecule has 0 fully saturated rings. The summed E-state index contributed by atoms with van der Waals surface area (Å²) < 4.78 is 0. The van der Waals surface area contributed by atoms with E-state index >= 15 is 0 Å². The van der Waals surface area contributed by atoms with Crippen LogP contribution in [0.5, 0.6) is 0 Å². The fraction of sp³-hybridized carbons (Fsp3) is 0.300. The molecule has 0 saturated heterocycles. The molecule has 0 saturated carbocycles. The number of nitrogens with zero attached hydrogens (tertiary/aromatic N) is 3. The van der Waals surface area contributed by atoms with Gasteiger partial charge in [0.15, 0.2) is 5.01 Å². The first kappa shape index (κ1) is 17.4. The van der Waals surface area contributed by atoms with Gasteiger partial charge in [-0.05, 0) is 37.0 Å². The number of carbonyl (C=O) groups excluding carboxylic acids is 1. The number of benzene rings is 1. The van der Waals surface area contributed by atoms with Gasteiger partial charge in [-0.25, -0.2) is 0 Å². The van der Waals surface area contributed by atoms with E-state index in [1.54, 1.807) is 6.20 Å². The van der Waals surface area contributed by atoms with Gasteiger partial charge in [0.25, 0.3) is 0 Å². The van der Waals surface area contributed by atoms with Crippen molar-refractivity contribution in [2.24, 2.45) is 0 Å². The summed E-state index contributed by atoms with van der Waals surface area (Å²) in [5.41, 5.74) is 2.17. The first-order valence-corrected chi connectivity index (χ1v) is 9.42. The van der Waals surface area contributed by atoms with Crippen LogP contribution in [0.1, 0.15) is 36.3 Å². The second kappa shape index (κ2) is 9.18. The van der Waals surface area contributed by atoms with Gasteiger partial charge in [0.2, 0.25) is 0 Å². The van der Waals surface area contributed by atoms with E-state index in [1.165, 1.54) is 16.9 Å². The lowest BCUT2D eigenvalue weighted by Gasteiger charge is -2.01. The summed E-state index contributed by atoms with van der Waals surface area (Å²) in [6, 6.07) is 16.2. The van der Waals surface area contributed by atoms with Crippen molar-refractivity contribution in [3.05, 3.63) is 65.3 Å². The number of hydrogen-bond donors (Lipinski definition) is 0. The molecular formula is C20H21N3OS. The molecule has 128 valence electrons. The minimum Gasteiger partial charge on any atom is -0.299 e. The van der Waals surface area contributed by atoms with Gasteiger partial charge in [0.05, 0.1) is 6.42 Å². The van der Waals surface area contributed by atoms with E-state index in [0.29, 0.717) is 12.8 Å². The van der Waals surface area contributed by atoms with Gasteiger partial charge < -0.3 is 0 Å². The maximum Gasteiger partial charge on any atom is 0.166 e. The molecule has 0 bridgehead atoms. The average Bonchev–Trinajstić information content (AvgIpc) is 3.11. The van der Waals surface area contributed by atoms with Crippen molar-refractivity contribution in [2.75, 3.05) is 0 Å². The monoisotopic (exact) mass is 351 g/mol. The van der Waals surface area contributed by atoms with E-state index in [0.717, 1.165) is 41.4 Å².